The molecule has 1 aliphatic carbocycles. The van der Waals surface area contributed by atoms with Gasteiger partial charge in [-0.05, 0) is 49.4 Å². The lowest BCUT2D eigenvalue weighted by Gasteiger charge is -2.25. The van der Waals surface area contributed by atoms with Crippen LogP contribution in [0.15, 0.2) is 42.5 Å². The van der Waals surface area contributed by atoms with Gasteiger partial charge in [-0.15, -0.1) is 0 Å². The lowest BCUT2D eigenvalue weighted by Crippen LogP contribution is -2.46. The van der Waals surface area contributed by atoms with E-state index in [0.717, 1.165) is 29.1 Å². The van der Waals surface area contributed by atoms with Crippen LogP contribution in [0, 0.1) is 6.92 Å². The highest BCUT2D eigenvalue weighted by molar-refractivity contribution is 6.31. The van der Waals surface area contributed by atoms with E-state index in [9.17, 15) is 14.4 Å². The zero-order valence-electron chi connectivity index (χ0n) is 20.7. The van der Waals surface area contributed by atoms with Crippen molar-refractivity contribution in [2.45, 2.75) is 84.0 Å². The molecule has 2 aromatic rings. The van der Waals surface area contributed by atoms with Gasteiger partial charge in [-0.25, -0.2) is 0 Å². The van der Waals surface area contributed by atoms with E-state index in [1.165, 1.54) is 37.7 Å². The van der Waals surface area contributed by atoms with Crippen LogP contribution < -0.4 is 10.6 Å². The van der Waals surface area contributed by atoms with Gasteiger partial charge in [-0.2, -0.15) is 0 Å². The molecule has 1 saturated carbocycles. The van der Waals surface area contributed by atoms with E-state index >= 15 is 0 Å². The minimum Gasteiger partial charge on any atom is -0.322 e. The van der Waals surface area contributed by atoms with E-state index in [1.54, 1.807) is 11.0 Å². The number of rotatable bonds is 8. The van der Waals surface area contributed by atoms with E-state index < -0.39 is 11.9 Å². The lowest BCUT2D eigenvalue weighted by molar-refractivity contribution is -0.129. The quantitative estimate of drug-likeness (QED) is 0.494. The van der Waals surface area contributed by atoms with Gasteiger partial charge >= 0.3 is 0 Å². The van der Waals surface area contributed by atoms with Crippen molar-refractivity contribution in [2.24, 2.45) is 0 Å². The molecule has 2 N–H and O–H groups in total. The molecular weight excluding hydrogens is 462 g/mol. The summed E-state index contributed by atoms with van der Waals surface area (Å²) in [5.74, 6) is -0.556. The van der Waals surface area contributed by atoms with Gasteiger partial charge in [0.1, 0.15) is 6.04 Å². The fourth-order valence-corrected chi connectivity index (χ4v) is 4.99. The van der Waals surface area contributed by atoms with Crippen LogP contribution in [0.3, 0.4) is 0 Å². The molecule has 0 spiro atoms. The molecule has 0 radical (unpaired) electrons. The number of aryl methyl sites for hydroxylation is 1. The zero-order chi connectivity index (χ0) is 25.2. The summed E-state index contributed by atoms with van der Waals surface area (Å²) in [6.45, 7) is 5.24. The first-order chi connectivity index (χ1) is 16.9. The molecule has 0 saturated heterocycles. The predicted molar refractivity (Wildman–Crippen MR) is 139 cm³/mol. The first-order valence-electron chi connectivity index (χ1n) is 12.6. The summed E-state index contributed by atoms with van der Waals surface area (Å²) in [6, 6.07) is 13.8. The van der Waals surface area contributed by atoms with Gasteiger partial charge in [0.05, 0.1) is 0 Å². The standard InChI is InChI=1S/C15H18N2O3.C13H18ClN/c1-3-4-13(14(19)16-9-18)17-8-11-7-10(2)5-6-12(11)15(17)20;14-13-9-5-4-6-11(13)10-15-12-7-2-1-3-8-12/h5-7,9,13H,3-4,8H2,1-2H3,(H,16,18,19);4-6,9,12,15H,1-3,7-8,10H2. The molecular formula is C28H36ClN3O3. The normalized spacial score (nSPS) is 16.2. The highest BCUT2D eigenvalue weighted by Crippen LogP contribution is 2.27. The zero-order valence-corrected chi connectivity index (χ0v) is 21.4. The molecule has 1 fully saturated rings. The molecule has 1 aliphatic heterocycles. The van der Waals surface area contributed by atoms with Gasteiger partial charge in [0.25, 0.3) is 5.91 Å². The lowest BCUT2D eigenvalue weighted by atomic mass is 9.95. The van der Waals surface area contributed by atoms with E-state index in [-0.39, 0.29) is 5.91 Å². The third-order valence-corrected chi connectivity index (χ3v) is 7.05. The number of carbonyl (C=O) groups is 3. The summed E-state index contributed by atoms with van der Waals surface area (Å²) in [5, 5.41) is 6.62. The Morgan fingerprint density at radius 1 is 1.17 bits per heavy atom. The number of fused-ring (bicyclic) bond motifs is 1. The Balaban J connectivity index is 0.000000203. The number of carbonyl (C=O) groups excluding carboxylic acids is 3. The molecule has 0 bridgehead atoms. The molecule has 4 rings (SSSR count). The van der Waals surface area contributed by atoms with Crippen molar-refractivity contribution in [3.8, 4) is 0 Å². The number of benzene rings is 2. The number of halogens is 1. The molecule has 35 heavy (non-hydrogen) atoms. The van der Waals surface area contributed by atoms with E-state index in [4.69, 9.17) is 11.6 Å². The van der Waals surface area contributed by atoms with E-state index in [1.807, 2.05) is 44.2 Å². The summed E-state index contributed by atoms with van der Waals surface area (Å²) in [7, 11) is 0. The Bertz CT molecular complexity index is 1020. The summed E-state index contributed by atoms with van der Waals surface area (Å²) < 4.78 is 0. The molecule has 1 heterocycles. The second kappa shape index (κ2) is 13.4. The smallest absolute Gasteiger partial charge is 0.255 e. The first kappa shape index (κ1) is 26.9. The molecule has 2 aromatic carbocycles. The number of nitrogens with one attached hydrogen (secondary N) is 2. The van der Waals surface area contributed by atoms with Crippen molar-refractivity contribution in [1.29, 1.82) is 0 Å². The van der Waals surface area contributed by atoms with Gasteiger partial charge in [-0.1, -0.05) is 80.1 Å². The average Bonchev–Trinajstić information content (AvgIpc) is 3.18. The van der Waals surface area contributed by atoms with Crippen molar-refractivity contribution < 1.29 is 14.4 Å². The van der Waals surface area contributed by atoms with Crippen LogP contribution in [0.25, 0.3) is 0 Å². The summed E-state index contributed by atoms with van der Waals surface area (Å²) in [4.78, 5) is 36.3. The van der Waals surface area contributed by atoms with Crippen LogP contribution in [-0.2, 0) is 22.7 Å². The fourth-order valence-electron chi connectivity index (χ4n) is 4.78. The van der Waals surface area contributed by atoms with Gasteiger partial charge in [0, 0.05) is 29.7 Å². The van der Waals surface area contributed by atoms with Crippen LogP contribution in [0.2, 0.25) is 5.02 Å². The number of nitrogens with zero attached hydrogens (tertiary/aromatic N) is 1. The molecule has 0 aromatic heterocycles. The minimum absolute atomic E-state index is 0.139. The molecule has 2 aliphatic rings. The molecule has 188 valence electrons. The van der Waals surface area contributed by atoms with E-state index in [2.05, 4.69) is 16.7 Å². The monoisotopic (exact) mass is 497 g/mol. The van der Waals surface area contributed by atoms with Crippen LogP contribution in [0.4, 0.5) is 0 Å². The number of hydrogen-bond acceptors (Lipinski definition) is 4. The second-order valence-electron chi connectivity index (χ2n) is 9.33. The highest BCUT2D eigenvalue weighted by Gasteiger charge is 2.35. The Labute approximate surface area is 213 Å². The molecule has 7 heteroatoms. The van der Waals surface area contributed by atoms with Crippen LogP contribution in [0.1, 0.15) is 78.9 Å². The third kappa shape index (κ3) is 7.39. The van der Waals surface area contributed by atoms with Crippen molar-refractivity contribution in [3.63, 3.8) is 0 Å². The fraction of sp³-hybridized carbons (Fsp3) is 0.464. The molecule has 6 nitrogen and oxygen atoms in total. The van der Waals surface area contributed by atoms with Crippen LogP contribution >= 0.6 is 11.6 Å². The summed E-state index contributed by atoms with van der Waals surface area (Å²) >= 11 is 6.10. The Kier molecular flexibility index (Phi) is 10.3. The Morgan fingerprint density at radius 2 is 1.91 bits per heavy atom. The van der Waals surface area contributed by atoms with Crippen LogP contribution in [-0.4, -0.2) is 35.2 Å². The van der Waals surface area contributed by atoms with Crippen molar-refractivity contribution in [2.75, 3.05) is 0 Å². The SMILES string of the molecule is CCCC(C(=O)NC=O)N1Cc2cc(C)ccc2C1=O.Clc1ccccc1CNC1CCCCC1. The number of imide groups is 1. The summed E-state index contributed by atoms with van der Waals surface area (Å²) in [6.07, 6.45) is 8.47. The maximum absolute atomic E-state index is 12.4. The highest BCUT2D eigenvalue weighted by atomic mass is 35.5. The Hall–Kier alpha value is -2.70. The first-order valence-corrected chi connectivity index (χ1v) is 12.9. The number of hydrogen-bond donors (Lipinski definition) is 2. The number of amides is 3. The van der Waals surface area contributed by atoms with E-state index in [0.29, 0.717) is 31.0 Å². The van der Waals surface area contributed by atoms with Gasteiger partial charge in [0.15, 0.2) is 0 Å². The molecule has 1 atom stereocenters. The van der Waals surface area contributed by atoms with Crippen LogP contribution in [0.5, 0.6) is 0 Å². The van der Waals surface area contributed by atoms with Crippen molar-refractivity contribution in [1.82, 2.24) is 15.5 Å². The average molecular weight is 498 g/mol. The maximum Gasteiger partial charge on any atom is 0.255 e. The van der Waals surface area contributed by atoms with Gasteiger partial charge in [0.2, 0.25) is 12.3 Å². The second-order valence-corrected chi connectivity index (χ2v) is 9.74. The Morgan fingerprint density at radius 3 is 2.60 bits per heavy atom. The van der Waals surface area contributed by atoms with Gasteiger partial charge in [-0.3, -0.25) is 19.7 Å². The summed E-state index contributed by atoms with van der Waals surface area (Å²) in [5.41, 5.74) is 3.89. The molecule has 3 amide bonds. The molecule has 1 unspecified atom stereocenters. The van der Waals surface area contributed by atoms with Crippen molar-refractivity contribution in [3.05, 3.63) is 69.7 Å². The largest absolute Gasteiger partial charge is 0.322 e. The third-order valence-electron chi connectivity index (χ3n) is 6.68. The van der Waals surface area contributed by atoms with Crippen molar-refractivity contribution >= 4 is 29.8 Å². The minimum atomic E-state index is -0.592. The maximum atomic E-state index is 12.4. The predicted octanol–water partition coefficient (Wildman–Crippen LogP) is 5.15. The topological polar surface area (TPSA) is 78.5 Å². The van der Waals surface area contributed by atoms with Gasteiger partial charge < -0.3 is 10.2 Å².